The van der Waals surface area contributed by atoms with Crippen LogP contribution in [-0.2, 0) is 16.4 Å². The number of rotatable bonds is 10. The summed E-state index contributed by atoms with van der Waals surface area (Å²) in [4.78, 5) is 27.0. The smallest absolute Gasteiger partial charge is 0.293 e. The number of carbonyl (C=O) groups excluding carboxylic acids is 1. The average molecular weight is 471 g/mol. The summed E-state index contributed by atoms with van der Waals surface area (Å²) in [6.45, 7) is 0.680. The molecule has 2 aromatic carbocycles. The first kappa shape index (κ1) is 23.7. The molecule has 172 valence electrons. The van der Waals surface area contributed by atoms with E-state index in [2.05, 4.69) is 15.6 Å². The van der Waals surface area contributed by atoms with Crippen LogP contribution in [0.1, 0.15) is 15.9 Å². The molecule has 3 aromatic rings. The quantitative estimate of drug-likeness (QED) is 0.262. The lowest BCUT2D eigenvalue weighted by Crippen LogP contribution is -2.28. The maximum Gasteiger partial charge on any atom is 0.293 e. The Morgan fingerprint density at radius 1 is 1.09 bits per heavy atom. The maximum absolute atomic E-state index is 12.4. The van der Waals surface area contributed by atoms with Crippen molar-refractivity contribution in [2.75, 3.05) is 24.7 Å². The molecule has 0 aliphatic carbocycles. The number of pyridine rings is 1. The molecular weight excluding hydrogens is 448 g/mol. The SMILES string of the molecule is CS(=O)(=O)c1ccc(NCCNC(=O)c2ccnc(OCc3ccccc3)c2)c([N+](=O)[O-])c1. The summed E-state index contributed by atoms with van der Waals surface area (Å²) in [5, 5.41) is 16.8. The molecule has 0 bridgehead atoms. The number of hydrogen-bond donors (Lipinski definition) is 2. The van der Waals surface area contributed by atoms with Crippen molar-refractivity contribution in [2.45, 2.75) is 11.5 Å². The highest BCUT2D eigenvalue weighted by atomic mass is 32.2. The van der Waals surface area contributed by atoms with Crippen LogP contribution in [0.2, 0.25) is 0 Å². The number of nitrogens with one attached hydrogen (secondary N) is 2. The number of ether oxygens (including phenoxy) is 1. The van der Waals surface area contributed by atoms with Crippen LogP contribution in [0.4, 0.5) is 11.4 Å². The topological polar surface area (TPSA) is 141 Å². The lowest BCUT2D eigenvalue weighted by atomic mass is 10.2. The summed E-state index contributed by atoms with van der Waals surface area (Å²) < 4.78 is 28.9. The van der Waals surface area contributed by atoms with Crippen LogP contribution in [0.25, 0.3) is 0 Å². The van der Waals surface area contributed by atoms with E-state index < -0.39 is 14.8 Å². The number of nitrogens with zero attached hydrogens (tertiary/aromatic N) is 2. The van der Waals surface area contributed by atoms with Crippen molar-refractivity contribution in [3.63, 3.8) is 0 Å². The summed E-state index contributed by atoms with van der Waals surface area (Å²) in [6, 6.07) is 16.2. The van der Waals surface area contributed by atoms with Gasteiger partial charge in [-0.05, 0) is 23.8 Å². The van der Waals surface area contributed by atoms with Gasteiger partial charge in [-0.3, -0.25) is 14.9 Å². The highest BCUT2D eigenvalue weighted by Gasteiger charge is 2.18. The molecule has 0 spiro atoms. The maximum atomic E-state index is 12.4. The van der Waals surface area contributed by atoms with Crippen LogP contribution in [0.5, 0.6) is 5.88 Å². The summed E-state index contributed by atoms with van der Waals surface area (Å²) in [5.74, 6) is -0.0445. The van der Waals surface area contributed by atoms with Crippen LogP contribution in [-0.4, -0.2) is 43.6 Å². The third-order valence-corrected chi connectivity index (χ3v) is 5.66. The molecule has 33 heavy (non-hydrogen) atoms. The van der Waals surface area contributed by atoms with E-state index >= 15 is 0 Å². The molecule has 0 atom stereocenters. The van der Waals surface area contributed by atoms with Gasteiger partial charge in [0.2, 0.25) is 5.88 Å². The summed E-state index contributed by atoms with van der Waals surface area (Å²) in [6.07, 6.45) is 2.45. The van der Waals surface area contributed by atoms with Crippen LogP contribution in [0.15, 0.2) is 71.8 Å². The number of amides is 1. The van der Waals surface area contributed by atoms with Crippen LogP contribution >= 0.6 is 0 Å². The normalized spacial score (nSPS) is 10.9. The van der Waals surface area contributed by atoms with Gasteiger partial charge < -0.3 is 15.4 Å². The van der Waals surface area contributed by atoms with E-state index in [4.69, 9.17) is 4.74 Å². The van der Waals surface area contributed by atoms with Crippen LogP contribution < -0.4 is 15.4 Å². The molecule has 0 radical (unpaired) electrons. The number of carbonyl (C=O) groups is 1. The fourth-order valence-corrected chi connectivity index (χ4v) is 3.52. The highest BCUT2D eigenvalue weighted by molar-refractivity contribution is 7.90. The van der Waals surface area contributed by atoms with E-state index in [-0.39, 0.29) is 35.3 Å². The van der Waals surface area contributed by atoms with Gasteiger partial charge in [0.15, 0.2) is 9.84 Å². The van der Waals surface area contributed by atoms with Crippen molar-refractivity contribution in [2.24, 2.45) is 0 Å². The second-order valence-electron chi connectivity index (χ2n) is 7.05. The van der Waals surface area contributed by atoms with Gasteiger partial charge in [-0.2, -0.15) is 0 Å². The molecule has 0 saturated carbocycles. The van der Waals surface area contributed by atoms with Gasteiger partial charge in [-0.25, -0.2) is 13.4 Å². The monoisotopic (exact) mass is 470 g/mol. The van der Waals surface area contributed by atoms with Gasteiger partial charge in [0, 0.05) is 43.2 Å². The minimum atomic E-state index is -3.57. The summed E-state index contributed by atoms with van der Waals surface area (Å²) >= 11 is 0. The van der Waals surface area contributed by atoms with Crippen molar-refractivity contribution in [1.29, 1.82) is 0 Å². The van der Waals surface area contributed by atoms with Gasteiger partial charge in [-0.1, -0.05) is 30.3 Å². The predicted molar refractivity (Wildman–Crippen MR) is 122 cm³/mol. The molecule has 0 aliphatic rings. The Kier molecular flexibility index (Phi) is 7.57. The zero-order valence-electron chi connectivity index (χ0n) is 17.7. The van der Waals surface area contributed by atoms with Crippen molar-refractivity contribution >= 4 is 27.1 Å². The second kappa shape index (κ2) is 10.6. The number of sulfone groups is 1. The van der Waals surface area contributed by atoms with Crippen molar-refractivity contribution in [3.8, 4) is 5.88 Å². The first-order valence-corrected chi connectivity index (χ1v) is 11.8. The predicted octanol–water partition coefficient (Wildman–Crippen LogP) is 2.81. The number of benzene rings is 2. The van der Waals surface area contributed by atoms with E-state index in [1.807, 2.05) is 30.3 Å². The van der Waals surface area contributed by atoms with Crippen molar-refractivity contribution in [3.05, 3.63) is 88.1 Å². The molecule has 1 amide bonds. The molecule has 0 fully saturated rings. The summed E-state index contributed by atoms with van der Waals surface area (Å²) in [5.41, 5.74) is 1.12. The number of nitro benzene ring substituents is 1. The van der Waals surface area contributed by atoms with E-state index in [0.717, 1.165) is 17.9 Å². The van der Waals surface area contributed by atoms with Crippen molar-refractivity contribution in [1.82, 2.24) is 10.3 Å². The van der Waals surface area contributed by atoms with E-state index in [0.29, 0.717) is 18.1 Å². The molecule has 2 N–H and O–H groups in total. The van der Waals surface area contributed by atoms with Gasteiger partial charge in [-0.15, -0.1) is 0 Å². The average Bonchev–Trinajstić information content (AvgIpc) is 2.80. The fourth-order valence-electron chi connectivity index (χ4n) is 2.88. The number of hydrogen-bond acceptors (Lipinski definition) is 8. The Balaban J connectivity index is 1.54. The van der Waals surface area contributed by atoms with Crippen LogP contribution in [0, 0.1) is 10.1 Å². The van der Waals surface area contributed by atoms with Gasteiger partial charge in [0.25, 0.3) is 11.6 Å². The molecular formula is C22H22N4O6S. The van der Waals surface area contributed by atoms with Gasteiger partial charge in [0.1, 0.15) is 12.3 Å². The molecule has 3 rings (SSSR count). The Labute approximate surface area is 190 Å². The third kappa shape index (κ3) is 6.74. The lowest BCUT2D eigenvalue weighted by Gasteiger charge is -2.10. The van der Waals surface area contributed by atoms with E-state index in [9.17, 15) is 23.3 Å². The molecule has 10 nitrogen and oxygen atoms in total. The largest absolute Gasteiger partial charge is 0.473 e. The zero-order chi connectivity index (χ0) is 23.8. The molecule has 1 aromatic heterocycles. The second-order valence-corrected chi connectivity index (χ2v) is 9.06. The molecule has 0 unspecified atom stereocenters. The Hall–Kier alpha value is -3.99. The Bertz CT molecular complexity index is 1250. The van der Waals surface area contributed by atoms with E-state index in [1.54, 1.807) is 6.07 Å². The van der Waals surface area contributed by atoms with Crippen molar-refractivity contribution < 1.29 is 22.9 Å². The van der Waals surface area contributed by atoms with Crippen LogP contribution in [0.3, 0.4) is 0 Å². The van der Waals surface area contributed by atoms with E-state index in [1.165, 1.54) is 24.4 Å². The molecule has 1 heterocycles. The number of nitro groups is 1. The minimum Gasteiger partial charge on any atom is -0.473 e. The molecule has 0 aliphatic heterocycles. The standard InChI is InChI=1S/C22H22N4O6S/c1-33(30,31)18-7-8-19(20(14-18)26(28)29)23-11-12-25-22(27)17-9-10-24-21(13-17)32-15-16-5-3-2-4-6-16/h2-10,13-14,23H,11-12,15H2,1H3,(H,25,27). The molecule has 0 saturated heterocycles. The Morgan fingerprint density at radius 2 is 1.85 bits per heavy atom. The number of anilines is 1. The third-order valence-electron chi connectivity index (χ3n) is 4.55. The first-order chi connectivity index (χ1) is 15.7. The first-order valence-electron chi connectivity index (χ1n) is 9.87. The van der Waals surface area contributed by atoms with Gasteiger partial charge in [0.05, 0.1) is 9.82 Å². The molecule has 11 heteroatoms. The summed E-state index contributed by atoms with van der Waals surface area (Å²) in [7, 11) is -3.57. The zero-order valence-corrected chi connectivity index (χ0v) is 18.5. The minimum absolute atomic E-state index is 0.143. The lowest BCUT2D eigenvalue weighted by molar-refractivity contribution is -0.384. The van der Waals surface area contributed by atoms with Gasteiger partial charge >= 0.3 is 0 Å². The highest BCUT2D eigenvalue weighted by Crippen LogP contribution is 2.27. The fraction of sp³-hybridized carbons (Fsp3) is 0.182. The Morgan fingerprint density at radius 3 is 2.55 bits per heavy atom. The number of aromatic nitrogens is 1.